The molecule has 0 aromatic heterocycles. The van der Waals surface area contributed by atoms with Crippen LogP contribution in [0, 0.1) is 18.4 Å². The molecule has 1 saturated heterocycles. The van der Waals surface area contributed by atoms with Gasteiger partial charge in [0.2, 0.25) is 10.0 Å². The van der Waals surface area contributed by atoms with Gasteiger partial charge in [-0.3, -0.25) is 0 Å². The van der Waals surface area contributed by atoms with Crippen molar-refractivity contribution >= 4 is 18.1 Å². The summed E-state index contributed by atoms with van der Waals surface area (Å²) >= 11 is 0. The Balaban J connectivity index is 2.33. The van der Waals surface area contributed by atoms with E-state index in [9.17, 15) is 8.42 Å². The molecule has 0 spiro atoms. The zero-order chi connectivity index (χ0) is 16.1. The quantitative estimate of drug-likeness (QED) is 0.477. The van der Waals surface area contributed by atoms with Crippen LogP contribution in [0.2, 0.25) is 19.6 Å². The number of hydrogen-bond donors (Lipinski definition) is 0. The van der Waals surface area contributed by atoms with E-state index in [0.717, 1.165) is 5.56 Å². The smallest absolute Gasteiger partial charge is 0.207 e. The molecule has 1 aromatic rings. The molecule has 5 heteroatoms. The summed E-state index contributed by atoms with van der Waals surface area (Å²) in [4.78, 5) is 0.346. The van der Waals surface area contributed by atoms with Crippen LogP contribution < -0.4 is 0 Å². The maximum atomic E-state index is 12.7. The molecular weight excluding hydrogens is 298 g/mol. The maximum absolute atomic E-state index is 12.7. The SMILES string of the molecule is Cc1ccc(S(=O)(=O)N2C(C#C[Si](C)(C)C)C2(C)C)cc1. The second-order valence-corrected chi connectivity index (χ2v) is 13.8. The highest BCUT2D eigenvalue weighted by atomic mass is 32.2. The van der Waals surface area contributed by atoms with E-state index in [4.69, 9.17) is 0 Å². The molecule has 1 fully saturated rings. The van der Waals surface area contributed by atoms with Gasteiger partial charge in [-0.1, -0.05) is 43.3 Å². The second kappa shape index (κ2) is 4.98. The molecule has 0 amide bonds. The van der Waals surface area contributed by atoms with Gasteiger partial charge in [-0.2, -0.15) is 4.31 Å². The number of hydrogen-bond acceptors (Lipinski definition) is 2. The van der Waals surface area contributed by atoms with E-state index in [-0.39, 0.29) is 6.04 Å². The normalized spacial score (nSPS) is 24.1. The first kappa shape index (κ1) is 16.3. The zero-order valence-electron chi connectivity index (χ0n) is 13.6. The number of aryl methyl sites for hydroxylation is 1. The van der Waals surface area contributed by atoms with Crippen molar-refractivity contribution in [3.63, 3.8) is 0 Å². The lowest BCUT2D eigenvalue weighted by Crippen LogP contribution is -2.19. The Morgan fingerprint density at radius 3 is 2.14 bits per heavy atom. The van der Waals surface area contributed by atoms with E-state index in [0.29, 0.717) is 4.90 Å². The first-order valence-electron chi connectivity index (χ1n) is 7.10. The highest BCUT2D eigenvalue weighted by Crippen LogP contribution is 2.45. The minimum absolute atomic E-state index is 0.212. The van der Waals surface area contributed by atoms with Gasteiger partial charge < -0.3 is 0 Å². The Morgan fingerprint density at radius 2 is 1.67 bits per heavy atom. The van der Waals surface area contributed by atoms with E-state index < -0.39 is 23.6 Å². The van der Waals surface area contributed by atoms with Crippen molar-refractivity contribution in [2.24, 2.45) is 0 Å². The maximum Gasteiger partial charge on any atom is 0.244 e. The molecule has 3 nitrogen and oxygen atoms in total. The lowest BCUT2D eigenvalue weighted by atomic mass is 10.1. The number of sulfonamides is 1. The summed E-state index contributed by atoms with van der Waals surface area (Å²) in [6.07, 6.45) is 0. The fourth-order valence-electron chi connectivity index (χ4n) is 2.24. The van der Waals surface area contributed by atoms with Crippen LogP contribution in [0.5, 0.6) is 0 Å². The average molecular weight is 322 g/mol. The Hall–Kier alpha value is -1.09. The summed E-state index contributed by atoms with van der Waals surface area (Å²) in [6.45, 7) is 12.3. The van der Waals surface area contributed by atoms with Gasteiger partial charge in [-0.15, -0.1) is 5.54 Å². The van der Waals surface area contributed by atoms with Gasteiger partial charge in [0, 0.05) is 0 Å². The van der Waals surface area contributed by atoms with E-state index in [1.165, 1.54) is 4.31 Å². The Morgan fingerprint density at radius 1 is 1.14 bits per heavy atom. The summed E-state index contributed by atoms with van der Waals surface area (Å²) in [5.74, 6) is 3.18. The van der Waals surface area contributed by atoms with Crippen molar-refractivity contribution in [3.8, 4) is 11.5 Å². The van der Waals surface area contributed by atoms with Crippen LogP contribution >= 0.6 is 0 Å². The third-order valence-corrected chi connectivity index (χ3v) is 6.53. The lowest BCUT2D eigenvalue weighted by Gasteiger charge is -2.08. The summed E-state index contributed by atoms with van der Waals surface area (Å²) < 4.78 is 27.0. The van der Waals surface area contributed by atoms with E-state index in [1.54, 1.807) is 12.1 Å². The number of rotatable bonds is 2. The predicted octanol–water partition coefficient (Wildman–Crippen LogP) is 3.03. The van der Waals surface area contributed by atoms with E-state index in [1.807, 2.05) is 32.9 Å². The van der Waals surface area contributed by atoms with Gasteiger partial charge in [-0.25, -0.2) is 8.42 Å². The standard InChI is InChI=1S/C16H23NO2SSi/c1-13-7-9-14(10-8-13)20(18,19)17-15(16(17,2)3)11-12-21(4,5)6/h7-10,15H,1-6H3. The van der Waals surface area contributed by atoms with Crippen molar-refractivity contribution in [3.05, 3.63) is 29.8 Å². The molecular formula is C16H23NO2SSi. The topological polar surface area (TPSA) is 37.1 Å². The molecule has 1 aliphatic heterocycles. The van der Waals surface area contributed by atoms with Gasteiger partial charge >= 0.3 is 0 Å². The fraction of sp³-hybridized carbons (Fsp3) is 0.500. The van der Waals surface area contributed by atoms with Crippen LogP contribution in [-0.2, 0) is 10.0 Å². The van der Waals surface area contributed by atoms with Gasteiger partial charge in [0.1, 0.15) is 14.1 Å². The Bertz CT molecular complexity index is 703. The molecule has 0 bridgehead atoms. The minimum Gasteiger partial charge on any atom is -0.207 e. The first-order valence-corrected chi connectivity index (χ1v) is 12.0. The van der Waals surface area contributed by atoms with E-state index >= 15 is 0 Å². The molecule has 0 saturated carbocycles. The monoisotopic (exact) mass is 321 g/mol. The molecule has 2 unspecified atom stereocenters. The van der Waals surface area contributed by atoms with Crippen molar-refractivity contribution in [2.75, 3.05) is 0 Å². The van der Waals surface area contributed by atoms with E-state index in [2.05, 4.69) is 31.1 Å². The predicted molar refractivity (Wildman–Crippen MR) is 89.2 cm³/mol. The Labute approximate surface area is 129 Å². The van der Waals surface area contributed by atoms with Gasteiger partial charge in [-0.05, 0) is 32.9 Å². The molecule has 0 N–H and O–H groups in total. The molecule has 0 aliphatic carbocycles. The third kappa shape index (κ3) is 3.23. The van der Waals surface area contributed by atoms with Crippen LogP contribution in [0.15, 0.2) is 29.2 Å². The molecule has 2 rings (SSSR count). The summed E-state index contributed by atoms with van der Waals surface area (Å²) in [7, 11) is -4.96. The third-order valence-electron chi connectivity index (χ3n) is 3.57. The van der Waals surface area contributed by atoms with Gasteiger partial charge in [0.05, 0.1) is 10.4 Å². The summed E-state index contributed by atoms with van der Waals surface area (Å²) in [5, 5.41) is 0. The van der Waals surface area contributed by atoms with Crippen LogP contribution in [0.1, 0.15) is 19.4 Å². The van der Waals surface area contributed by atoms with Crippen LogP contribution in [0.4, 0.5) is 0 Å². The first-order chi connectivity index (χ1) is 9.46. The molecule has 114 valence electrons. The van der Waals surface area contributed by atoms with Crippen molar-refractivity contribution in [1.29, 1.82) is 0 Å². The highest BCUT2D eigenvalue weighted by Gasteiger charge is 2.62. The molecule has 1 aromatic carbocycles. The second-order valence-electron chi connectivity index (χ2n) is 7.19. The van der Waals surface area contributed by atoms with Crippen LogP contribution in [-0.4, -0.2) is 32.4 Å². The fourth-order valence-corrected chi connectivity index (χ4v) is 4.78. The molecule has 2 atom stereocenters. The highest BCUT2D eigenvalue weighted by molar-refractivity contribution is 7.89. The van der Waals surface area contributed by atoms with Crippen molar-refractivity contribution < 1.29 is 8.42 Å². The molecule has 0 radical (unpaired) electrons. The number of nitrogens with zero attached hydrogens (tertiary/aromatic N) is 1. The van der Waals surface area contributed by atoms with Crippen molar-refractivity contribution in [1.82, 2.24) is 4.31 Å². The molecule has 1 aliphatic rings. The van der Waals surface area contributed by atoms with Gasteiger partial charge in [0.25, 0.3) is 0 Å². The zero-order valence-corrected chi connectivity index (χ0v) is 15.4. The average Bonchev–Trinajstić information content (AvgIpc) is 2.89. The van der Waals surface area contributed by atoms with Crippen LogP contribution in [0.3, 0.4) is 0 Å². The number of benzene rings is 1. The summed E-state index contributed by atoms with van der Waals surface area (Å²) in [6, 6.07) is 6.78. The molecule has 1 heterocycles. The van der Waals surface area contributed by atoms with Crippen LogP contribution in [0.25, 0.3) is 0 Å². The van der Waals surface area contributed by atoms with Gasteiger partial charge in [0.15, 0.2) is 0 Å². The Kier molecular flexibility index (Phi) is 3.86. The molecule has 21 heavy (non-hydrogen) atoms. The largest absolute Gasteiger partial charge is 0.244 e. The minimum atomic E-state index is -3.46. The summed E-state index contributed by atoms with van der Waals surface area (Å²) in [5.41, 5.74) is 3.91. The van der Waals surface area contributed by atoms with Crippen molar-refractivity contribution in [2.45, 2.75) is 56.9 Å². The lowest BCUT2D eigenvalue weighted by molar-refractivity contribution is 0.529.